The predicted molar refractivity (Wildman–Crippen MR) is 154 cm³/mol. The Morgan fingerprint density at radius 2 is 1.63 bits per heavy atom. The van der Waals surface area contributed by atoms with Gasteiger partial charge in [0.1, 0.15) is 0 Å². The summed E-state index contributed by atoms with van der Waals surface area (Å²) in [4.78, 5) is 34.7. The highest BCUT2D eigenvalue weighted by Gasteiger charge is 2.32. The molecular weight excluding hydrogens is 490 g/mol. The number of hydrogen-bond acceptors (Lipinski definition) is 4. The van der Waals surface area contributed by atoms with Gasteiger partial charge in [-0.3, -0.25) is 14.5 Å². The van der Waals surface area contributed by atoms with Crippen molar-refractivity contribution in [3.8, 4) is 0 Å². The molecule has 0 aliphatic carbocycles. The third kappa shape index (κ3) is 5.71. The van der Waals surface area contributed by atoms with E-state index in [1.54, 1.807) is 0 Å². The highest BCUT2D eigenvalue weighted by atomic mass is 32.1. The average Bonchev–Trinajstić information content (AvgIpc) is 3.28. The molecule has 2 aliphatic rings. The van der Waals surface area contributed by atoms with Crippen LogP contribution in [0.25, 0.3) is 0 Å². The van der Waals surface area contributed by atoms with Gasteiger partial charge in [-0.2, -0.15) is 0 Å². The van der Waals surface area contributed by atoms with Crippen molar-refractivity contribution in [2.45, 2.75) is 51.5 Å². The SMILES string of the molecule is CC[C@@H](C(=O)N1CCCN(C(=O)CCN2CCc3sccc3[C@@H]2c2ccccc2C)CC1)c1ccccc1. The fourth-order valence-corrected chi connectivity index (χ4v) is 7.01. The number of carbonyl (C=O) groups excluding carboxylic acids is 2. The van der Waals surface area contributed by atoms with E-state index in [1.807, 2.05) is 51.5 Å². The monoisotopic (exact) mass is 529 g/mol. The fourth-order valence-electron chi connectivity index (χ4n) is 6.11. The summed E-state index contributed by atoms with van der Waals surface area (Å²) < 4.78 is 0. The van der Waals surface area contributed by atoms with E-state index in [1.165, 1.54) is 21.6 Å². The molecule has 2 atom stereocenters. The van der Waals surface area contributed by atoms with Crippen LogP contribution in [0, 0.1) is 6.92 Å². The minimum atomic E-state index is -0.113. The molecule has 3 aromatic rings. The lowest BCUT2D eigenvalue weighted by atomic mass is 9.90. The van der Waals surface area contributed by atoms with E-state index in [2.05, 4.69) is 54.5 Å². The van der Waals surface area contributed by atoms with Crippen molar-refractivity contribution >= 4 is 23.2 Å². The molecule has 0 unspecified atom stereocenters. The van der Waals surface area contributed by atoms with Crippen molar-refractivity contribution in [1.82, 2.24) is 14.7 Å². The van der Waals surface area contributed by atoms with Crippen LogP contribution in [0.15, 0.2) is 66.0 Å². The lowest BCUT2D eigenvalue weighted by molar-refractivity contribution is -0.134. The zero-order valence-electron chi connectivity index (χ0n) is 22.6. The van der Waals surface area contributed by atoms with Gasteiger partial charge in [0, 0.05) is 50.6 Å². The molecule has 0 N–H and O–H groups in total. The Balaban J connectivity index is 1.21. The number of rotatable bonds is 7. The normalized spacial score (nSPS) is 19.1. The number of amides is 2. The van der Waals surface area contributed by atoms with Gasteiger partial charge in [0.05, 0.1) is 12.0 Å². The van der Waals surface area contributed by atoms with Gasteiger partial charge < -0.3 is 9.80 Å². The van der Waals surface area contributed by atoms with E-state index in [4.69, 9.17) is 0 Å². The molecule has 1 fully saturated rings. The molecule has 5 nitrogen and oxygen atoms in total. The van der Waals surface area contributed by atoms with Gasteiger partial charge in [0.2, 0.25) is 11.8 Å². The Hall–Kier alpha value is -2.96. The standard InChI is InChI=1S/C32H39N3O2S/c1-3-26(25-11-5-4-6-12-25)32(37)35-18-9-17-33(21-22-35)30(36)15-20-34-19-14-29-28(16-23-38-29)31(34)27-13-8-7-10-24(27)2/h4-8,10-13,16,23,26,31H,3,9,14-15,17-22H2,1-2H3/t26-,31+/m1/s1. The molecular formula is C32H39N3O2S. The molecule has 0 saturated carbocycles. The number of benzene rings is 2. The van der Waals surface area contributed by atoms with E-state index in [-0.39, 0.29) is 23.8 Å². The lowest BCUT2D eigenvalue weighted by Crippen LogP contribution is -2.41. The van der Waals surface area contributed by atoms with Crippen LogP contribution in [0.1, 0.15) is 65.3 Å². The molecule has 38 heavy (non-hydrogen) atoms. The van der Waals surface area contributed by atoms with E-state index < -0.39 is 0 Å². The van der Waals surface area contributed by atoms with Crippen LogP contribution in [0.3, 0.4) is 0 Å². The fraction of sp³-hybridized carbons (Fsp3) is 0.438. The van der Waals surface area contributed by atoms with Crippen molar-refractivity contribution in [2.24, 2.45) is 0 Å². The smallest absolute Gasteiger partial charge is 0.230 e. The maximum absolute atomic E-state index is 13.4. The van der Waals surface area contributed by atoms with Gasteiger partial charge in [0.25, 0.3) is 0 Å². The second-order valence-corrected chi connectivity index (χ2v) is 11.5. The summed E-state index contributed by atoms with van der Waals surface area (Å²) in [7, 11) is 0. The average molecular weight is 530 g/mol. The van der Waals surface area contributed by atoms with Crippen LogP contribution in [-0.2, 0) is 16.0 Å². The Morgan fingerprint density at radius 1 is 0.895 bits per heavy atom. The molecule has 1 aromatic heterocycles. The Labute approximate surface area is 231 Å². The summed E-state index contributed by atoms with van der Waals surface area (Å²) in [6, 6.07) is 21.2. The molecule has 0 spiro atoms. The van der Waals surface area contributed by atoms with Crippen molar-refractivity contribution in [2.75, 3.05) is 39.3 Å². The number of hydrogen-bond donors (Lipinski definition) is 0. The summed E-state index contributed by atoms with van der Waals surface area (Å²) in [5.41, 5.74) is 5.12. The van der Waals surface area contributed by atoms with Gasteiger partial charge in [-0.05, 0) is 59.9 Å². The van der Waals surface area contributed by atoms with E-state index >= 15 is 0 Å². The highest BCUT2D eigenvalue weighted by Crippen LogP contribution is 2.39. The molecule has 3 heterocycles. The maximum Gasteiger partial charge on any atom is 0.230 e. The van der Waals surface area contributed by atoms with Gasteiger partial charge in [0.15, 0.2) is 0 Å². The summed E-state index contributed by atoms with van der Waals surface area (Å²) in [5.74, 6) is 0.279. The third-order valence-electron chi connectivity index (χ3n) is 8.23. The van der Waals surface area contributed by atoms with Crippen molar-refractivity contribution in [3.63, 3.8) is 0 Å². The quantitative estimate of drug-likeness (QED) is 0.397. The summed E-state index contributed by atoms with van der Waals surface area (Å²) >= 11 is 1.85. The zero-order chi connectivity index (χ0) is 26.5. The number of fused-ring (bicyclic) bond motifs is 1. The Bertz CT molecular complexity index is 1240. The Kier molecular flexibility index (Phi) is 8.60. The van der Waals surface area contributed by atoms with Crippen LogP contribution in [0.4, 0.5) is 0 Å². The molecule has 6 heteroatoms. The lowest BCUT2D eigenvalue weighted by Gasteiger charge is -2.37. The van der Waals surface area contributed by atoms with Crippen molar-refractivity contribution < 1.29 is 9.59 Å². The minimum absolute atomic E-state index is 0.113. The first kappa shape index (κ1) is 26.6. The first-order valence-corrected chi connectivity index (χ1v) is 14.9. The molecule has 0 radical (unpaired) electrons. The van der Waals surface area contributed by atoms with Crippen LogP contribution in [0.5, 0.6) is 0 Å². The van der Waals surface area contributed by atoms with Crippen LogP contribution >= 0.6 is 11.3 Å². The van der Waals surface area contributed by atoms with Gasteiger partial charge in [-0.1, -0.05) is 61.5 Å². The predicted octanol–water partition coefficient (Wildman–Crippen LogP) is 5.65. The maximum atomic E-state index is 13.4. The van der Waals surface area contributed by atoms with Gasteiger partial charge >= 0.3 is 0 Å². The van der Waals surface area contributed by atoms with Crippen LogP contribution in [-0.4, -0.2) is 65.8 Å². The Morgan fingerprint density at radius 3 is 2.42 bits per heavy atom. The van der Waals surface area contributed by atoms with Crippen molar-refractivity contribution in [1.29, 1.82) is 0 Å². The molecule has 1 saturated heterocycles. The van der Waals surface area contributed by atoms with Crippen LogP contribution < -0.4 is 0 Å². The van der Waals surface area contributed by atoms with Gasteiger partial charge in [-0.15, -0.1) is 11.3 Å². The summed E-state index contributed by atoms with van der Waals surface area (Å²) in [5, 5.41) is 2.20. The van der Waals surface area contributed by atoms with E-state index in [9.17, 15) is 9.59 Å². The summed E-state index contributed by atoms with van der Waals surface area (Å²) in [6.45, 7) is 8.65. The molecule has 2 aromatic carbocycles. The van der Waals surface area contributed by atoms with E-state index in [0.717, 1.165) is 44.5 Å². The number of carbonyl (C=O) groups is 2. The molecule has 0 bridgehead atoms. The second-order valence-electron chi connectivity index (χ2n) is 10.5. The minimum Gasteiger partial charge on any atom is -0.341 e. The second kappa shape index (κ2) is 12.3. The number of nitrogens with zero attached hydrogens (tertiary/aromatic N) is 3. The topological polar surface area (TPSA) is 43.9 Å². The van der Waals surface area contributed by atoms with Crippen LogP contribution in [0.2, 0.25) is 0 Å². The van der Waals surface area contributed by atoms with Crippen molar-refractivity contribution in [3.05, 3.63) is 93.2 Å². The third-order valence-corrected chi connectivity index (χ3v) is 9.23. The molecule has 2 amide bonds. The first-order valence-electron chi connectivity index (χ1n) is 14.0. The van der Waals surface area contributed by atoms with E-state index in [0.29, 0.717) is 26.1 Å². The molecule has 200 valence electrons. The molecule has 5 rings (SSSR count). The number of thiophene rings is 1. The summed E-state index contributed by atoms with van der Waals surface area (Å²) in [6.07, 6.45) is 3.17. The highest BCUT2D eigenvalue weighted by molar-refractivity contribution is 7.10. The largest absolute Gasteiger partial charge is 0.341 e. The first-order chi connectivity index (χ1) is 18.6. The van der Waals surface area contributed by atoms with Gasteiger partial charge in [-0.25, -0.2) is 0 Å². The molecule has 2 aliphatic heterocycles. The number of aryl methyl sites for hydroxylation is 1. The zero-order valence-corrected chi connectivity index (χ0v) is 23.5.